The first kappa shape index (κ1) is 11.5. The Morgan fingerprint density at radius 2 is 1.83 bits per heavy atom. The third kappa shape index (κ3) is 2.08. The van der Waals surface area contributed by atoms with Crippen molar-refractivity contribution in [1.82, 2.24) is 0 Å². The zero-order valence-electron chi connectivity index (χ0n) is 10.8. The Balaban J connectivity index is 1.85. The van der Waals surface area contributed by atoms with Crippen LogP contribution in [0.2, 0.25) is 0 Å². The molecule has 0 saturated heterocycles. The highest BCUT2D eigenvalue weighted by Gasteiger charge is 2.42. The van der Waals surface area contributed by atoms with Crippen LogP contribution in [-0.4, -0.2) is 25.3 Å². The first-order chi connectivity index (χ1) is 8.72. The molecule has 1 fully saturated rings. The fraction of sp³-hybridized carbons (Fsp3) is 0.375. The van der Waals surface area contributed by atoms with Gasteiger partial charge in [0.15, 0.2) is 0 Å². The zero-order chi connectivity index (χ0) is 12.6. The highest BCUT2D eigenvalue weighted by Crippen LogP contribution is 2.46. The number of hydrogen-bond acceptors (Lipinski definition) is 2. The lowest BCUT2D eigenvalue weighted by Gasteiger charge is -2.24. The highest BCUT2D eigenvalue weighted by molar-refractivity contribution is 5.85. The van der Waals surface area contributed by atoms with E-state index in [4.69, 9.17) is 0 Å². The molecule has 1 aliphatic carbocycles. The van der Waals surface area contributed by atoms with Crippen LogP contribution in [0.4, 0.5) is 5.69 Å². The summed E-state index contributed by atoms with van der Waals surface area (Å²) in [4.78, 5) is 2.26. The van der Waals surface area contributed by atoms with Gasteiger partial charge in [-0.3, -0.25) is 0 Å². The minimum absolute atomic E-state index is 0.167. The minimum atomic E-state index is 0.167. The van der Waals surface area contributed by atoms with Crippen LogP contribution >= 0.6 is 0 Å². The van der Waals surface area contributed by atoms with Gasteiger partial charge in [-0.05, 0) is 35.7 Å². The van der Waals surface area contributed by atoms with Crippen molar-refractivity contribution in [1.29, 1.82) is 0 Å². The first-order valence-electron chi connectivity index (χ1n) is 6.53. The SMILES string of the molecule is CN(CC1(CO)CC1)c1ccc2ccccc2c1. The predicted molar refractivity (Wildman–Crippen MR) is 76.0 cm³/mol. The van der Waals surface area contributed by atoms with Crippen molar-refractivity contribution >= 4 is 16.5 Å². The van der Waals surface area contributed by atoms with Gasteiger partial charge in [0.2, 0.25) is 0 Å². The van der Waals surface area contributed by atoms with Gasteiger partial charge in [0.25, 0.3) is 0 Å². The summed E-state index contributed by atoms with van der Waals surface area (Å²) in [7, 11) is 2.11. The largest absolute Gasteiger partial charge is 0.396 e. The van der Waals surface area contributed by atoms with Gasteiger partial charge in [-0.25, -0.2) is 0 Å². The summed E-state index contributed by atoms with van der Waals surface area (Å²) < 4.78 is 0. The van der Waals surface area contributed by atoms with Crippen molar-refractivity contribution in [3.05, 3.63) is 42.5 Å². The summed E-state index contributed by atoms with van der Waals surface area (Å²) in [6, 6.07) is 15.0. The summed E-state index contributed by atoms with van der Waals surface area (Å²) in [5, 5.41) is 11.9. The highest BCUT2D eigenvalue weighted by atomic mass is 16.3. The van der Waals surface area contributed by atoms with Gasteiger partial charge >= 0.3 is 0 Å². The van der Waals surface area contributed by atoms with Gasteiger partial charge in [0, 0.05) is 24.7 Å². The van der Waals surface area contributed by atoms with Crippen LogP contribution < -0.4 is 4.90 Å². The Kier molecular flexibility index (Phi) is 2.75. The molecule has 0 bridgehead atoms. The molecule has 0 radical (unpaired) electrons. The maximum absolute atomic E-state index is 9.40. The van der Waals surface area contributed by atoms with E-state index in [9.17, 15) is 5.11 Å². The molecule has 3 rings (SSSR count). The molecule has 0 atom stereocenters. The average molecular weight is 241 g/mol. The van der Waals surface area contributed by atoms with E-state index in [1.807, 2.05) is 0 Å². The van der Waals surface area contributed by atoms with Gasteiger partial charge < -0.3 is 10.0 Å². The van der Waals surface area contributed by atoms with Gasteiger partial charge in [-0.2, -0.15) is 0 Å². The maximum atomic E-state index is 9.40. The van der Waals surface area contributed by atoms with Crippen molar-refractivity contribution in [3.63, 3.8) is 0 Å². The number of rotatable bonds is 4. The second-order valence-corrected chi connectivity index (χ2v) is 5.55. The molecule has 18 heavy (non-hydrogen) atoms. The van der Waals surface area contributed by atoms with E-state index < -0.39 is 0 Å². The third-order valence-corrected chi connectivity index (χ3v) is 4.04. The molecule has 0 aromatic heterocycles. The number of hydrogen-bond donors (Lipinski definition) is 1. The van der Waals surface area contributed by atoms with Gasteiger partial charge in [0.05, 0.1) is 6.61 Å². The van der Waals surface area contributed by atoms with E-state index in [1.165, 1.54) is 16.5 Å². The molecular weight excluding hydrogens is 222 g/mol. The minimum Gasteiger partial charge on any atom is -0.396 e. The Morgan fingerprint density at radius 3 is 2.50 bits per heavy atom. The summed E-state index contributed by atoms with van der Waals surface area (Å²) in [5.41, 5.74) is 1.40. The standard InChI is InChI=1S/C16H19NO/c1-17(11-16(12-18)8-9-16)15-7-6-13-4-2-3-5-14(13)10-15/h2-7,10,18H,8-9,11-12H2,1H3. The lowest BCUT2D eigenvalue weighted by atomic mass is 10.1. The molecule has 0 heterocycles. The summed E-state index contributed by atoms with van der Waals surface area (Å²) >= 11 is 0. The number of fused-ring (bicyclic) bond motifs is 1. The van der Waals surface area contributed by atoms with Gasteiger partial charge in [-0.1, -0.05) is 30.3 Å². The fourth-order valence-corrected chi connectivity index (χ4v) is 2.55. The molecule has 2 nitrogen and oxygen atoms in total. The number of benzene rings is 2. The Bertz CT molecular complexity index is 560. The Labute approximate surface area is 108 Å². The molecule has 2 aromatic carbocycles. The van der Waals surface area contributed by atoms with Crippen LogP contribution in [0.15, 0.2) is 42.5 Å². The predicted octanol–water partition coefficient (Wildman–Crippen LogP) is 3.05. The van der Waals surface area contributed by atoms with Crippen LogP contribution in [0, 0.1) is 5.41 Å². The summed E-state index contributed by atoms with van der Waals surface area (Å²) in [5.74, 6) is 0. The van der Waals surface area contributed by atoms with Crippen LogP contribution in [-0.2, 0) is 0 Å². The maximum Gasteiger partial charge on any atom is 0.0504 e. The fourth-order valence-electron chi connectivity index (χ4n) is 2.55. The second-order valence-electron chi connectivity index (χ2n) is 5.55. The third-order valence-electron chi connectivity index (χ3n) is 4.04. The van der Waals surface area contributed by atoms with Crippen molar-refractivity contribution in [2.24, 2.45) is 5.41 Å². The second kappa shape index (κ2) is 4.29. The van der Waals surface area contributed by atoms with E-state index in [2.05, 4.69) is 54.4 Å². The molecule has 1 saturated carbocycles. The molecular formula is C16H19NO. The van der Waals surface area contributed by atoms with E-state index in [0.29, 0.717) is 6.61 Å². The molecule has 1 aliphatic rings. The number of anilines is 1. The van der Waals surface area contributed by atoms with Crippen molar-refractivity contribution in [3.8, 4) is 0 Å². The molecule has 0 amide bonds. The number of aliphatic hydroxyl groups excluding tert-OH is 1. The normalized spacial score (nSPS) is 16.8. The van der Waals surface area contributed by atoms with Gasteiger partial charge in [-0.15, -0.1) is 0 Å². The molecule has 94 valence electrons. The Hall–Kier alpha value is -1.54. The number of aliphatic hydroxyl groups is 1. The average Bonchev–Trinajstić information content (AvgIpc) is 3.18. The lowest BCUT2D eigenvalue weighted by molar-refractivity contribution is 0.215. The van der Waals surface area contributed by atoms with E-state index in [1.54, 1.807) is 0 Å². The first-order valence-corrected chi connectivity index (χ1v) is 6.53. The van der Waals surface area contributed by atoms with E-state index in [0.717, 1.165) is 19.4 Å². The molecule has 0 aliphatic heterocycles. The molecule has 0 spiro atoms. The molecule has 1 N–H and O–H groups in total. The van der Waals surface area contributed by atoms with Crippen molar-refractivity contribution < 1.29 is 5.11 Å². The van der Waals surface area contributed by atoms with Crippen LogP contribution in [0.3, 0.4) is 0 Å². The van der Waals surface area contributed by atoms with Crippen molar-refractivity contribution in [2.45, 2.75) is 12.8 Å². The monoisotopic (exact) mass is 241 g/mol. The number of nitrogens with zero attached hydrogens (tertiary/aromatic N) is 1. The molecule has 2 aromatic rings. The summed E-state index contributed by atoms with van der Waals surface area (Å²) in [6.45, 7) is 1.26. The summed E-state index contributed by atoms with van der Waals surface area (Å²) in [6.07, 6.45) is 2.31. The van der Waals surface area contributed by atoms with E-state index in [-0.39, 0.29) is 5.41 Å². The quantitative estimate of drug-likeness (QED) is 0.889. The topological polar surface area (TPSA) is 23.5 Å². The zero-order valence-corrected chi connectivity index (χ0v) is 10.8. The van der Waals surface area contributed by atoms with Crippen LogP contribution in [0.25, 0.3) is 10.8 Å². The lowest BCUT2D eigenvalue weighted by Crippen LogP contribution is -2.28. The van der Waals surface area contributed by atoms with Crippen LogP contribution in [0.1, 0.15) is 12.8 Å². The van der Waals surface area contributed by atoms with Crippen molar-refractivity contribution in [2.75, 3.05) is 25.1 Å². The smallest absolute Gasteiger partial charge is 0.0504 e. The van der Waals surface area contributed by atoms with Gasteiger partial charge in [0.1, 0.15) is 0 Å². The Morgan fingerprint density at radius 1 is 1.11 bits per heavy atom. The molecule has 0 unspecified atom stereocenters. The molecule has 2 heteroatoms. The van der Waals surface area contributed by atoms with Crippen LogP contribution in [0.5, 0.6) is 0 Å². The van der Waals surface area contributed by atoms with E-state index >= 15 is 0 Å².